The normalized spacial score (nSPS) is 14.4. The number of pyridine rings is 1. The van der Waals surface area contributed by atoms with Gasteiger partial charge >= 0.3 is 6.03 Å². The van der Waals surface area contributed by atoms with Crippen LogP contribution in [0.3, 0.4) is 0 Å². The van der Waals surface area contributed by atoms with Crippen molar-refractivity contribution in [2.45, 2.75) is 52.5 Å². The number of anilines is 2. The fraction of sp³-hybridized carbons (Fsp3) is 0.417. The first-order valence-electron chi connectivity index (χ1n) is 11.2. The maximum Gasteiger partial charge on any atom is 0.321 e. The summed E-state index contributed by atoms with van der Waals surface area (Å²) in [7, 11) is 0. The number of nitrogens with one attached hydrogen (secondary N) is 2. The third-order valence-electron chi connectivity index (χ3n) is 5.78. The number of benzene rings is 1. The maximum atomic E-state index is 12.9. The number of carbonyl (C=O) groups excluding carboxylic acids is 2. The lowest BCUT2D eigenvalue weighted by Gasteiger charge is -2.20. The fourth-order valence-corrected chi connectivity index (χ4v) is 3.99. The van der Waals surface area contributed by atoms with Gasteiger partial charge in [0.25, 0.3) is 5.91 Å². The molecule has 8 heteroatoms. The Balaban J connectivity index is 1.42. The summed E-state index contributed by atoms with van der Waals surface area (Å²) in [5, 5.41) is 11.1. The zero-order valence-electron chi connectivity index (χ0n) is 18.9. The highest BCUT2D eigenvalue weighted by atomic mass is 16.2. The maximum absolute atomic E-state index is 12.9. The second-order valence-electron chi connectivity index (χ2n) is 8.58. The standard InChI is InChI=1S/C24H30N6O2/c1-16(2)30-22-18(15-25-30)14-21(17(3)26-22)23(31)27-19-8-10-20(11-9-19)28-24(32)29-12-6-4-5-7-13-29/h8-11,14-16H,4-7,12-13H2,1-3H3,(H,27,31)(H,28,32). The summed E-state index contributed by atoms with van der Waals surface area (Å²) in [6.07, 6.45) is 6.20. The molecule has 3 aromatic rings. The van der Waals surface area contributed by atoms with Crippen molar-refractivity contribution in [3.63, 3.8) is 0 Å². The smallest absolute Gasteiger partial charge is 0.321 e. The minimum atomic E-state index is -0.226. The van der Waals surface area contributed by atoms with Gasteiger partial charge in [-0.05, 0) is 63.9 Å². The number of aromatic nitrogens is 3. The van der Waals surface area contributed by atoms with E-state index in [-0.39, 0.29) is 18.0 Å². The Labute approximate surface area is 188 Å². The lowest BCUT2D eigenvalue weighted by molar-refractivity contribution is 0.102. The zero-order valence-corrected chi connectivity index (χ0v) is 18.9. The van der Waals surface area contributed by atoms with Crippen LogP contribution < -0.4 is 10.6 Å². The quantitative estimate of drug-likeness (QED) is 0.606. The van der Waals surface area contributed by atoms with Gasteiger partial charge in [-0.2, -0.15) is 5.10 Å². The predicted molar refractivity (Wildman–Crippen MR) is 126 cm³/mol. The van der Waals surface area contributed by atoms with E-state index in [1.54, 1.807) is 30.5 Å². The monoisotopic (exact) mass is 434 g/mol. The Morgan fingerprint density at radius 1 is 0.969 bits per heavy atom. The number of hydrogen-bond donors (Lipinski definition) is 2. The summed E-state index contributed by atoms with van der Waals surface area (Å²) in [5.41, 5.74) is 3.30. The number of fused-ring (bicyclic) bond motifs is 1. The molecule has 3 heterocycles. The Morgan fingerprint density at radius 2 is 1.59 bits per heavy atom. The predicted octanol–water partition coefficient (Wildman–Crippen LogP) is 4.98. The highest BCUT2D eigenvalue weighted by molar-refractivity contribution is 6.06. The van der Waals surface area contributed by atoms with Crippen LogP contribution in [0.4, 0.5) is 16.2 Å². The number of carbonyl (C=O) groups is 2. The van der Waals surface area contributed by atoms with Crippen LogP contribution in [0.1, 0.15) is 61.6 Å². The molecule has 1 fully saturated rings. The molecule has 0 atom stereocenters. The van der Waals surface area contributed by atoms with Crippen LogP contribution in [-0.4, -0.2) is 44.7 Å². The molecule has 0 spiro atoms. The lowest BCUT2D eigenvalue weighted by Crippen LogP contribution is -2.35. The molecule has 1 saturated heterocycles. The van der Waals surface area contributed by atoms with E-state index in [0.717, 1.165) is 37.0 Å². The number of likely N-dealkylation sites (tertiary alicyclic amines) is 1. The van der Waals surface area contributed by atoms with Crippen LogP contribution in [0, 0.1) is 6.92 Å². The van der Waals surface area contributed by atoms with Crippen LogP contribution in [0.15, 0.2) is 36.5 Å². The van der Waals surface area contributed by atoms with Crippen molar-refractivity contribution in [1.82, 2.24) is 19.7 Å². The van der Waals surface area contributed by atoms with Gasteiger partial charge in [-0.1, -0.05) is 12.8 Å². The zero-order chi connectivity index (χ0) is 22.7. The van der Waals surface area contributed by atoms with Crippen LogP contribution in [-0.2, 0) is 0 Å². The van der Waals surface area contributed by atoms with Crippen LogP contribution in [0.5, 0.6) is 0 Å². The molecule has 1 aliphatic rings. The third kappa shape index (κ3) is 4.74. The summed E-state index contributed by atoms with van der Waals surface area (Å²) in [6, 6.07) is 9.12. The molecule has 2 N–H and O–H groups in total. The summed E-state index contributed by atoms with van der Waals surface area (Å²) < 4.78 is 1.85. The van der Waals surface area contributed by atoms with Crippen molar-refractivity contribution < 1.29 is 9.59 Å². The molecule has 4 rings (SSSR count). The van der Waals surface area contributed by atoms with Crippen molar-refractivity contribution in [2.24, 2.45) is 0 Å². The molecule has 0 radical (unpaired) electrons. The van der Waals surface area contributed by atoms with E-state index in [4.69, 9.17) is 0 Å². The van der Waals surface area contributed by atoms with E-state index >= 15 is 0 Å². The number of hydrogen-bond acceptors (Lipinski definition) is 4. The highest BCUT2D eigenvalue weighted by Gasteiger charge is 2.17. The van der Waals surface area contributed by atoms with Gasteiger partial charge in [-0.15, -0.1) is 0 Å². The molecule has 0 unspecified atom stereocenters. The number of urea groups is 1. The summed E-state index contributed by atoms with van der Waals surface area (Å²) in [4.78, 5) is 31.8. The molecule has 8 nitrogen and oxygen atoms in total. The molecule has 2 aromatic heterocycles. The van der Waals surface area contributed by atoms with Gasteiger partial charge in [0.15, 0.2) is 5.65 Å². The minimum Gasteiger partial charge on any atom is -0.325 e. The first-order valence-corrected chi connectivity index (χ1v) is 11.2. The number of amides is 3. The molecule has 168 valence electrons. The van der Waals surface area contributed by atoms with Crippen LogP contribution in [0.2, 0.25) is 0 Å². The van der Waals surface area contributed by atoms with E-state index < -0.39 is 0 Å². The highest BCUT2D eigenvalue weighted by Crippen LogP contribution is 2.21. The average molecular weight is 435 g/mol. The molecule has 32 heavy (non-hydrogen) atoms. The Hall–Kier alpha value is -3.42. The van der Waals surface area contributed by atoms with E-state index in [2.05, 4.69) is 20.7 Å². The number of aryl methyl sites for hydroxylation is 1. The van der Waals surface area contributed by atoms with Gasteiger partial charge in [0.1, 0.15) is 0 Å². The van der Waals surface area contributed by atoms with Crippen molar-refractivity contribution in [2.75, 3.05) is 23.7 Å². The van der Waals surface area contributed by atoms with Gasteiger partial charge in [-0.3, -0.25) is 4.79 Å². The summed E-state index contributed by atoms with van der Waals surface area (Å²) in [6.45, 7) is 7.52. The number of nitrogens with zero attached hydrogens (tertiary/aromatic N) is 4. The Kier molecular flexibility index (Phi) is 6.39. The van der Waals surface area contributed by atoms with Crippen molar-refractivity contribution >= 4 is 34.3 Å². The molecule has 0 aliphatic carbocycles. The van der Waals surface area contributed by atoms with Gasteiger partial charge in [0.2, 0.25) is 0 Å². The second kappa shape index (κ2) is 9.38. The second-order valence-corrected chi connectivity index (χ2v) is 8.58. The van der Waals surface area contributed by atoms with E-state index in [1.165, 1.54) is 12.8 Å². The minimum absolute atomic E-state index is 0.0689. The Bertz CT molecular complexity index is 1110. The molecule has 0 bridgehead atoms. The lowest BCUT2D eigenvalue weighted by atomic mass is 10.1. The summed E-state index contributed by atoms with van der Waals surface area (Å²) >= 11 is 0. The van der Waals surface area contributed by atoms with E-state index in [1.807, 2.05) is 36.4 Å². The largest absolute Gasteiger partial charge is 0.325 e. The fourth-order valence-electron chi connectivity index (χ4n) is 3.99. The van der Waals surface area contributed by atoms with Crippen LogP contribution in [0.25, 0.3) is 11.0 Å². The topological polar surface area (TPSA) is 92.1 Å². The molecule has 0 saturated carbocycles. The molecular weight excluding hydrogens is 404 g/mol. The number of rotatable bonds is 4. The van der Waals surface area contributed by atoms with Crippen molar-refractivity contribution in [3.8, 4) is 0 Å². The molecule has 1 aromatic carbocycles. The molecule has 3 amide bonds. The van der Waals surface area contributed by atoms with Crippen molar-refractivity contribution in [3.05, 3.63) is 47.8 Å². The van der Waals surface area contributed by atoms with Crippen molar-refractivity contribution in [1.29, 1.82) is 0 Å². The van der Waals surface area contributed by atoms with Crippen LogP contribution >= 0.6 is 0 Å². The average Bonchev–Trinajstić information content (AvgIpc) is 2.98. The third-order valence-corrected chi connectivity index (χ3v) is 5.78. The van der Waals surface area contributed by atoms with Gasteiger partial charge in [0.05, 0.1) is 17.5 Å². The van der Waals surface area contributed by atoms with E-state index in [0.29, 0.717) is 22.6 Å². The first-order chi connectivity index (χ1) is 15.4. The van der Waals surface area contributed by atoms with E-state index in [9.17, 15) is 9.59 Å². The van der Waals surface area contributed by atoms with Gasteiger partial charge < -0.3 is 15.5 Å². The van der Waals surface area contributed by atoms with Gasteiger partial charge in [-0.25, -0.2) is 14.5 Å². The Morgan fingerprint density at radius 3 is 2.22 bits per heavy atom. The summed E-state index contributed by atoms with van der Waals surface area (Å²) in [5.74, 6) is -0.226. The SMILES string of the molecule is Cc1nc2c(cnn2C(C)C)cc1C(=O)Nc1ccc(NC(=O)N2CCCCCC2)cc1. The first kappa shape index (κ1) is 21.8. The molecule has 1 aliphatic heterocycles. The molecular formula is C24H30N6O2. The van der Waals surface area contributed by atoms with Gasteiger partial charge in [0, 0.05) is 35.9 Å².